The number of imidazole rings is 1. The number of amides is 2. The predicted molar refractivity (Wildman–Crippen MR) is 76.4 cm³/mol. The number of imide groups is 1. The molecular formula is C15H17N3O2. The second kappa shape index (κ2) is 5.07. The molecule has 1 fully saturated rings. The zero-order valence-corrected chi connectivity index (χ0v) is 11.5. The van der Waals surface area contributed by atoms with Gasteiger partial charge in [-0.05, 0) is 18.6 Å². The van der Waals surface area contributed by atoms with Crippen molar-refractivity contribution in [1.82, 2.24) is 9.55 Å². The molecule has 0 saturated carbocycles. The first-order valence-electron chi connectivity index (χ1n) is 7.03. The van der Waals surface area contributed by atoms with Crippen LogP contribution >= 0.6 is 0 Å². The Bertz CT molecular complexity index is 659. The highest BCUT2D eigenvalue weighted by Crippen LogP contribution is 2.27. The lowest BCUT2D eigenvalue weighted by Crippen LogP contribution is -2.31. The molecule has 2 aromatic rings. The predicted octanol–water partition coefficient (Wildman–Crippen LogP) is 2.49. The van der Waals surface area contributed by atoms with Crippen molar-refractivity contribution >= 4 is 28.8 Å². The van der Waals surface area contributed by atoms with Gasteiger partial charge in [0.2, 0.25) is 17.8 Å². The van der Waals surface area contributed by atoms with Crippen LogP contribution in [-0.2, 0) is 16.1 Å². The molecule has 0 atom stereocenters. The number of aromatic nitrogens is 2. The molecule has 1 aliphatic rings. The van der Waals surface area contributed by atoms with Gasteiger partial charge in [-0.1, -0.05) is 25.5 Å². The van der Waals surface area contributed by atoms with Crippen LogP contribution in [0.15, 0.2) is 24.3 Å². The molecule has 0 N–H and O–H groups in total. The smallest absolute Gasteiger partial charge is 0.236 e. The summed E-state index contributed by atoms with van der Waals surface area (Å²) in [4.78, 5) is 29.6. The lowest BCUT2D eigenvalue weighted by molar-refractivity contribution is -0.121. The van der Waals surface area contributed by atoms with E-state index in [9.17, 15) is 9.59 Å². The number of anilines is 1. The molecule has 3 rings (SSSR count). The van der Waals surface area contributed by atoms with Gasteiger partial charge >= 0.3 is 0 Å². The van der Waals surface area contributed by atoms with Crippen LogP contribution in [0.3, 0.4) is 0 Å². The lowest BCUT2D eigenvalue weighted by atomic mass is 10.3. The second-order valence-electron chi connectivity index (χ2n) is 5.03. The molecule has 2 heterocycles. The summed E-state index contributed by atoms with van der Waals surface area (Å²) in [6, 6.07) is 7.75. The Balaban J connectivity index is 2.13. The SMILES string of the molecule is CCCCn1c(N2C(=O)CCC2=O)nc2ccccc21. The highest BCUT2D eigenvalue weighted by molar-refractivity contribution is 6.19. The molecule has 0 bridgehead atoms. The fraction of sp³-hybridized carbons (Fsp3) is 0.400. The molecule has 0 radical (unpaired) electrons. The van der Waals surface area contributed by atoms with Crippen LogP contribution in [0, 0.1) is 0 Å². The third-order valence-corrected chi connectivity index (χ3v) is 3.62. The molecule has 20 heavy (non-hydrogen) atoms. The normalized spacial score (nSPS) is 15.6. The van der Waals surface area contributed by atoms with Crippen molar-refractivity contribution in [2.24, 2.45) is 0 Å². The fourth-order valence-corrected chi connectivity index (χ4v) is 2.57. The Labute approximate surface area is 117 Å². The number of fused-ring (bicyclic) bond motifs is 1. The molecule has 5 heteroatoms. The lowest BCUT2D eigenvalue weighted by Gasteiger charge is -2.15. The Morgan fingerprint density at radius 2 is 1.85 bits per heavy atom. The van der Waals surface area contributed by atoms with Gasteiger partial charge in [-0.25, -0.2) is 9.88 Å². The van der Waals surface area contributed by atoms with E-state index in [0.29, 0.717) is 5.95 Å². The summed E-state index contributed by atoms with van der Waals surface area (Å²) in [6.45, 7) is 2.88. The number of rotatable bonds is 4. The summed E-state index contributed by atoms with van der Waals surface area (Å²) < 4.78 is 1.99. The van der Waals surface area contributed by atoms with Gasteiger partial charge in [0.25, 0.3) is 0 Å². The van der Waals surface area contributed by atoms with Crippen LogP contribution in [0.5, 0.6) is 0 Å². The largest absolute Gasteiger partial charge is 0.309 e. The van der Waals surface area contributed by atoms with Gasteiger partial charge < -0.3 is 4.57 Å². The van der Waals surface area contributed by atoms with Crippen molar-refractivity contribution in [1.29, 1.82) is 0 Å². The number of para-hydroxylation sites is 2. The molecule has 1 saturated heterocycles. The number of hydrogen-bond donors (Lipinski definition) is 0. The van der Waals surface area contributed by atoms with Crippen molar-refractivity contribution in [3.8, 4) is 0 Å². The van der Waals surface area contributed by atoms with E-state index in [1.807, 2.05) is 28.8 Å². The standard InChI is InChI=1S/C15H17N3O2/c1-2-3-10-17-12-7-5-4-6-11(12)16-15(17)18-13(19)8-9-14(18)20/h4-7H,2-3,8-10H2,1H3. The highest BCUT2D eigenvalue weighted by Gasteiger charge is 2.34. The van der Waals surface area contributed by atoms with Crippen molar-refractivity contribution in [3.63, 3.8) is 0 Å². The number of carbonyl (C=O) groups is 2. The van der Waals surface area contributed by atoms with Gasteiger partial charge in [0.05, 0.1) is 11.0 Å². The van der Waals surface area contributed by atoms with Gasteiger partial charge in [-0.15, -0.1) is 0 Å². The Hall–Kier alpha value is -2.17. The number of unbranched alkanes of at least 4 members (excludes halogenated alkanes) is 1. The summed E-state index contributed by atoms with van der Waals surface area (Å²) in [5.41, 5.74) is 1.80. The van der Waals surface area contributed by atoms with E-state index in [1.54, 1.807) is 0 Å². The highest BCUT2D eigenvalue weighted by atomic mass is 16.2. The van der Waals surface area contributed by atoms with E-state index in [0.717, 1.165) is 30.4 Å². The first-order chi connectivity index (χ1) is 9.72. The molecule has 0 aliphatic carbocycles. The molecular weight excluding hydrogens is 254 g/mol. The number of benzene rings is 1. The third kappa shape index (κ3) is 1.99. The quantitative estimate of drug-likeness (QED) is 0.803. The van der Waals surface area contributed by atoms with E-state index < -0.39 is 0 Å². The summed E-state index contributed by atoms with van der Waals surface area (Å²) in [5.74, 6) is 0.179. The Kier molecular flexibility index (Phi) is 3.26. The molecule has 104 valence electrons. The van der Waals surface area contributed by atoms with E-state index >= 15 is 0 Å². The summed E-state index contributed by atoms with van der Waals surface area (Å²) in [5, 5.41) is 0. The van der Waals surface area contributed by atoms with Crippen LogP contribution in [0.25, 0.3) is 11.0 Å². The Morgan fingerprint density at radius 1 is 1.15 bits per heavy atom. The molecule has 5 nitrogen and oxygen atoms in total. The van der Waals surface area contributed by atoms with Crippen molar-refractivity contribution < 1.29 is 9.59 Å². The average Bonchev–Trinajstić information content (AvgIpc) is 2.97. The maximum atomic E-state index is 11.9. The van der Waals surface area contributed by atoms with Crippen LogP contribution in [-0.4, -0.2) is 21.4 Å². The van der Waals surface area contributed by atoms with Crippen LogP contribution in [0.4, 0.5) is 5.95 Å². The second-order valence-corrected chi connectivity index (χ2v) is 5.03. The monoisotopic (exact) mass is 271 g/mol. The van der Waals surface area contributed by atoms with Gasteiger partial charge in [-0.3, -0.25) is 9.59 Å². The molecule has 0 spiro atoms. The minimum absolute atomic E-state index is 0.150. The molecule has 1 aromatic carbocycles. The zero-order chi connectivity index (χ0) is 14.1. The van der Waals surface area contributed by atoms with Gasteiger partial charge in [0.15, 0.2) is 0 Å². The average molecular weight is 271 g/mol. The third-order valence-electron chi connectivity index (χ3n) is 3.62. The van der Waals surface area contributed by atoms with Gasteiger partial charge in [-0.2, -0.15) is 0 Å². The van der Waals surface area contributed by atoms with Crippen molar-refractivity contribution in [2.45, 2.75) is 39.2 Å². The van der Waals surface area contributed by atoms with E-state index in [2.05, 4.69) is 11.9 Å². The van der Waals surface area contributed by atoms with Crippen LogP contribution in [0.1, 0.15) is 32.6 Å². The maximum Gasteiger partial charge on any atom is 0.236 e. The molecule has 0 unspecified atom stereocenters. The summed E-state index contributed by atoms with van der Waals surface area (Å²) in [7, 11) is 0. The minimum atomic E-state index is -0.150. The van der Waals surface area contributed by atoms with E-state index in [1.165, 1.54) is 4.90 Å². The van der Waals surface area contributed by atoms with Gasteiger partial charge in [0.1, 0.15) is 0 Å². The van der Waals surface area contributed by atoms with Crippen molar-refractivity contribution in [2.75, 3.05) is 4.90 Å². The summed E-state index contributed by atoms with van der Waals surface area (Å²) >= 11 is 0. The first kappa shape index (κ1) is 12.8. The number of hydrogen-bond acceptors (Lipinski definition) is 3. The summed E-state index contributed by atoms with van der Waals surface area (Å²) in [6.07, 6.45) is 2.61. The van der Waals surface area contributed by atoms with Crippen molar-refractivity contribution in [3.05, 3.63) is 24.3 Å². The minimum Gasteiger partial charge on any atom is -0.309 e. The number of aryl methyl sites for hydroxylation is 1. The van der Waals surface area contributed by atoms with Crippen LogP contribution in [0.2, 0.25) is 0 Å². The Morgan fingerprint density at radius 3 is 2.55 bits per heavy atom. The molecule has 1 aliphatic heterocycles. The number of carbonyl (C=O) groups excluding carboxylic acids is 2. The molecule has 2 amide bonds. The topological polar surface area (TPSA) is 55.2 Å². The molecule has 1 aromatic heterocycles. The fourth-order valence-electron chi connectivity index (χ4n) is 2.57. The van der Waals surface area contributed by atoms with Crippen LogP contribution < -0.4 is 4.90 Å². The van der Waals surface area contributed by atoms with E-state index in [-0.39, 0.29) is 24.7 Å². The van der Waals surface area contributed by atoms with E-state index in [4.69, 9.17) is 0 Å². The number of nitrogens with zero attached hydrogens (tertiary/aromatic N) is 3. The zero-order valence-electron chi connectivity index (χ0n) is 11.5. The first-order valence-corrected chi connectivity index (χ1v) is 7.03. The van der Waals surface area contributed by atoms with Gasteiger partial charge in [0, 0.05) is 19.4 Å². The maximum absolute atomic E-state index is 11.9.